The molecular formula is C14H15N3OS2. The number of aromatic nitrogens is 2. The third kappa shape index (κ3) is 3.19. The first kappa shape index (κ1) is 13.6. The number of rotatable bonds is 4. The van der Waals surface area contributed by atoms with Gasteiger partial charge in [0.1, 0.15) is 5.51 Å². The average Bonchev–Trinajstić information content (AvgIpc) is 3.18. The second kappa shape index (κ2) is 6.37. The fourth-order valence-corrected chi connectivity index (χ4v) is 3.66. The first-order valence-corrected chi connectivity index (χ1v) is 8.46. The van der Waals surface area contributed by atoms with Crippen LogP contribution in [0.2, 0.25) is 0 Å². The van der Waals surface area contributed by atoms with Gasteiger partial charge >= 0.3 is 0 Å². The maximum absolute atomic E-state index is 12.2. The van der Waals surface area contributed by atoms with Gasteiger partial charge in [-0.25, -0.2) is 0 Å². The zero-order valence-corrected chi connectivity index (χ0v) is 12.6. The monoisotopic (exact) mass is 305 g/mol. The summed E-state index contributed by atoms with van der Waals surface area (Å²) in [7, 11) is 0. The quantitative estimate of drug-likeness (QED) is 0.814. The molecule has 104 valence electrons. The minimum atomic E-state index is 0.158. The lowest BCUT2D eigenvalue weighted by atomic mass is 10.1. The maximum Gasteiger partial charge on any atom is 0.253 e. The molecular weight excluding hydrogens is 290 g/mol. The fraction of sp³-hybridized carbons (Fsp3) is 0.357. The molecule has 0 aliphatic carbocycles. The van der Waals surface area contributed by atoms with Gasteiger partial charge in [0, 0.05) is 24.4 Å². The van der Waals surface area contributed by atoms with Crippen molar-refractivity contribution in [3.8, 4) is 0 Å². The highest BCUT2D eigenvalue weighted by Crippen LogP contribution is 2.24. The van der Waals surface area contributed by atoms with Crippen molar-refractivity contribution in [3.63, 3.8) is 0 Å². The molecule has 1 aromatic heterocycles. The smallest absolute Gasteiger partial charge is 0.253 e. The van der Waals surface area contributed by atoms with E-state index in [1.807, 2.05) is 29.2 Å². The van der Waals surface area contributed by atoms with E-state index in [9.17, 15) is 4.79 Å². The van der Waals surface area contributed by atoms with E-state index in [-0.39, 0.29) is 5.91 Å². The Morgan fingerprint density at radius 1 is 1.25 bits per heavy atom. The molecule has 4 nitrogen and oxygen atoms in total. The third-order valence-corrected chi connectivity index (χ3v) is 5.23. The van der Waals surface area contributed by atoms with Gasteiger partial charge in [0.25, 0.3) is 5.91 Å². The predicted molar refractivity (Wildman–Crippen MR) is 81.0 cm³/mol. The SMILES string of the molecule is O=C(c1ccc(CSc2nncs2)cc1)N1CCCC1. The van der Waals surface area contributed by atoms with Gasteiger partial charge in [-0.2, -0.15) is 0 Å². The second-order valence-electron chi connectivity index (χ2n) is 4.69. The van der Waals surface area contributed by atoms with Gasteiger partial charge in [-0.05, 0) is 30.5 Å². The molecule has 1 amide bonds. The molecule has 1 fully saturated rings. The number of carbonyl (C=O) groups excluding carboxylic acids is 1. The van der Waals surface area contributed by atoms with Crippen LogP contribution in [0, 0.1) is 0 Å². The molecule has 0 N–H and O–H groups in total. The van der Waals surface area contributed by atoms with Crippen molar-refractivity contribution >= 4 is 29.0 Å². The van der Waals surface area contributed by atoms with Crippen molar-refractivity contribution in [2.24, 2.45) is 0 Å². The lowest BCUT2D eigenvalue weighted by Crippen LogP contribution is -2.27. The summed E-state index contributed by atoms with van der Waals surface area (Å²) in [6, 6.07) is 7.90. The number of carbonyl (C=O) groups is 1. The first-order chi connectivity index (χ1) is 9.83. The number of hydrogen-bond acceptors (Lipinski definition) is 5. The van der Waals surface area contributed by atoms with Crippen molar-refractivity contribution < 1.29 is 4.79 Å². The molecule has 3 rings (SSSR count). The van der Waals surface area contributed by atoms with E-state index in [0.29, 0.717) is 0 Å². The van der Waals surface area contributed by atoms with Crippen molar-refractivity contribution in [1.82, 2.24) is 15.1 Å². The van der Waals surface area contributed by atoms with Crippen LogP contribution in [0.1, 0.15) is 28.8 Å². The number of hydrogen-bond donors (Lipinski definition) is 0. The Morgan fingerprint density at radius 3 is 2.65 bits per heavy atom. The Bertz CT molecular complexity index is 563. The molecule has 2 aromatic rings. The van der Waals surface area contributed by atoms with Crippen molar-refractivity contribution in [2.75, 3.05) is 13.1 Å². The van der Waals surface area contributed by atoms with Crippen LogP contribution in [0.4, 0.5) is 0 Å². The Labute approximate surface area is 126 Å². The van der Waals surface area contributed by atoms with Gasteiger partial charge in [0.2, 0.25) is 0 Å². The van der Waals surface area contributed by atoms with E-state index in [4.69, 9.17) is 0 Å². The molecule has 0 spiro atoms. The van der Waals surface area contributed by atoms with Gasteiger partial charge in [-0.15, -0.1) is 10.2 Å². The van der Waals surface area contributed by atoms with E-state index in [2.05, 4.69) is 10.2 Å². The van der Waals surface area contributed by atoms with E-state index >= 15 is 0 Å². The van der Waals surface area contributed by atoms with Gasteiger partial charge in [0.05, 0.1) is 0 Å². The first-order valence-electron chi connectivity index (χ1n) is 6.60. The summed E-state index contributed by atoms with van der Waals surface area (Å²) in [5.74, 6) is 1.01. The number of nitrogens with zero attached hydrogens (tertiary/aromatic N) is 3. The topological polar surface area (TPSA) is 46.1 Å². The van der Waals surface area contributed by atoms with Gasteiger partial charge in [-0.3, -0.25) is 4.79 Å². The number of amides is 1. The van der Waals surface area contributed by atoms with Crippen LogP contribution in [0.5, 0.6) is 0 Å². The number of likely N-dealkylation sites (tertiary alicyclic amines) is 1. The largest absolute Gasteiger partial charge is 0.339 e. The molecule has 6 heteroatoms. The van der Waals surface area contributed by atoms with Gasteiger partial charge in [-0.1, -0.05) is 35.2 Å². The highest BCUT2D eigenvalue weighted by atomic mass is 32.2. The molecule has 1 aliphatic heterocycles. The van der Waals surface area contributed by atoms with Crippen LogP contribution >= 0.6 is 23.1 Å². The van der Waals surface area contributed by atoms with Crippen LogP contribution in [0.3, 0.4) is 0 Å². The molecule has 1 saturated heterocycles. The molecule has 1 aromatic carbocycles. The lowest BCUT2D eigenvalue weighted by Gasteiger charge is -2.15. The van der Waals surface area contributed by atoms with Crippen LogP contribution in [-0.2, 0) is 5.75 Å². The van der Waals surface area contributed by atoms with Crippen LogP contribution in [0.25, 0.3) is 0 Å². The predicted octanol–water partition coefficient (Wildman–Crippen LogP) is 3.07. The summed E-state index contributed by atoms with van der Waals surface area (Å²) in [6.45, 7) is 1.79. The van der Waals surface area contributed by atoms with Crippen LogP contribution in [0.15, 0.2) is 34.1 Å². The van der Waals surface area contributed by atoms with Crippen molar-refractivity contribution in [2.45, 2.75) is 22.9 Å². The van der Waals surface area contributed by atoms with E-state index in [1.54, 1.807) is 28.6 Å². The minimum absolute atomic E-state index is 0.158. The Hall–Kier alpha value is -1.40. The molecule has 0 bridgehead atoms. The molecule has 0 unspecified atom stereocenters. The Morgan fingerprint density at radius 2 is 2.00 bits per heavy atom. The van der Waals surface area contributed by atoms with Gasteiger partial charge < -0.3 is 4.90 Å². The van der Waals surface area contributed by atoms with E-state index in [1.165, 1.54) is 5.56 Å². The normalized spacial score (nSPS) is 14.7. The summed E-state index contributed by atoms with van der Waals surface area (Å²) in [6.07, 6.45) is 2.25. The second-order valence-corrected chi connectivity index (χ2v) is 6.75. The molecule has 0 saturated carbocycles. The Kier molecular flexibility index (Phi) is 4.32. The zero-order chi connectivity index (χ0) is 13.8. The zero-order valence-electron chi connectivity index (χ0n) is 11.0. The molecule has 2 heterocycles. The lowest BCUT2D eigenvalue weighted by molar-refractivity contribution is 0.0793. The van der Waals surface area contributed by atoms with Crippen LogP contribution < -0.4 is 0 Å². The van der Waals surface area contributed by atoms with Gasteiger partial charge in [0.15, 0.2) is 4.34 Å². The number of thioether (sulfide) groups is 1. The maximum atomic E-state index is 12.2. The van der Waals surface area contributed by atoms with Crippen molar-refractivity contribution in [1.29, 1.82) is 0 Å². The fourth-order valence-electron chi connectivity index (χ4n) is 2.22. The molecule has 20 heavy (non-hydrogen) atoms. The highest BCUT2D eigenvalue weighted by Gasteiger charge is 2.19. The van der Waals surface area contributed by atoms with Crippen molar-refractivity contribution in [3.05, 3.63) is 40.9 Å². The Balaban J connectivity index is 1.60. The summed E-state index contributed by atoms with van der Waals surface area (Å²) in [4.78, 5) is 14.1. The molecule has 0 atom stereocenters. The minimum Gasteiger partial charge on any atom is -0.339 e. The summed E-state index contributed by atoms with van der Waals surface area (Å²) in [5, 5.41) is 7.81. The molecule has 0 radical (unpaired) electrons. The van der Waals surface area contributed by atoms with Crippen LogP contribution in [-0.4, -0.2) is 34.1 Å². The summed E-state index contributed by atoms with van der Waals surface area (Å²) >= 11 is 3.22. The highest BCUT2D eigenvalue weighted by molar-refractivity contribution is 8.00. The average molecular weight is 305 g/mol. The van der Waals surface area contributed by atoms with E-state index < -0.39 is 0 Å². The third-order valence-electron chi connectivity index (χ3n) is 3.30. The standard InChI is InChI=1S/C14H15N3OS2/c18-13(17-7-1-2-8-17)12-5-3-11(4-6-12)9-19-14-16-15-10-20-14/h3-6,10H,1-2,7-9H2. The summed E-state index contributed by atoms with van der Waals surface area (Å²) in [5.41, 5.74) is 3.72. The summed E-state index contributed by atoms with van der Waals surface area (Å²) < 4.78 is 0.974. The molecule has 1 aliphatic rings. The van der Waals surface area contributed by atoms with E-state index in [0.717, 1.165) is 41.6 Å². The number of benzene rings is 1.